The van der Waals surface area contributed by atoms with E-state index < -0.39 is 5.97 Å². The fraction of sp³-hybridized carbons (Fsp3) is 0.529. The number of benzene rings is 1. The standard InChI is InChI=1S/C17H26N2O3/c1-3-12-19(4-2)13-14-7-9-15(10-8-14)17(22)18-11-5-6-16(20)21/h7-10H,3-6,11-13H2,1-2H3,(H,18,22)(H,20,21). The molecule has 0 saturated heterocycles. The largest absolute Gasteiger partial charge is 0.481 e. The first kappa shape index (κ1) is 18.2. The Morgan fingerprint density at radius 2 is 1.86 bits per heavy atom. The summed E-state index contributed by atoms with van der Waals surface area (Å²) in [7, 11) is 0. The number of carboxylic acids is 1. The van der Waals surface area contributed by atoms with Crippen LogP contribution in [0.25, 0.3) is 0 Å². The summed E-state index contributed by atoms with van der Waals surface area (Å²) in [5.41, 5.74) is 1.80. The molecule has 2 N–H and O–H groups in total. The topological polar surface area (TPSA) is 69.6 Å². The van der Waals surface area contributed by atoms with Crippen LogP contribution in [0.1, 0.15) is 49.0 Å². The first-order valence-electron chi connectivity index (χ1n) is 7.88. The van der Waals surface area contributed by atoms with Crippen LogP contribution in [0.4, 0.5) is 0 Å². The van der Waals surface area contributed by atoms with Gasteiger partial charge in [-0.25, -0.2) is 0 Å². The van der Waals surface area contributed by atoms with Crippen LogP contribution in [0.2, 0.25) is 0 Å². The van der Waals surface area contributed by atoms with Crippen LogP contribution in [0, 0.1) is 0 Å². The maximum Gasteiger partial charge on any atom is 0.303 e. The molecule has 0 aliphatic carbocycles. The van der Waals surface area contributed by atoms with Gasteiger partial charge in [0, 0.05) is 25.1 Å². The number of carbonyl (C=O) groups is 2. The van der Waals surface area contributed by atoms with Crippen LogP contribution >= 0.6 is 0 Å². The smallest absolute Gasteiger partial charge is 0.303 e. The third-order valence-electron chi connectivity index (χ3n) is 3.46. The lowest BCUT2D eigenvalue weighted by molar-refractivity contribution is -0.137. The SMILES string of the molecule is CCCN(CC)Cc1ccc(C(=O)NCCCC(=O)O)cc1. The number of aliphatic carboxylic acids is 1. The summed E-state index contributed by atoms with van der Waals surface area (Å²) < 4.78 is 0. The maximum atomic E-state index is 11.9. The van der Waals surface area contributed by atoms with Gasteiger partial charge in [0.1, 0.15) is 0 Å². The van der Waals surface area contributed by atoms with E-state index in [2.05, 4.69) is 24.1 Å². The van der Waals surface area contributed by atoms with E-state index in [1.54, 1.807) is 0 Å². The predicted molar refractivity (Wildman–Crippen MR) is 86.9 cm³/mol. The second kappa shape index (κ2) is 9.95. The zero-order valence-electron chi connectivity index (χ0n) is 13.5. The van der Waals surface area contributed by atoms with Gasteiger partial charge in [-0.2, -0.15) is 0 Å². The Bertz CT molecular complexity index is 471. The van der Waals surface area contributed by atoms with Gasteiger partial charge < -0.3 is 10.4 Å². The molecular formula is C17H26N2O3. The minimum absolute atomic E-state index is 0.0729. The van der Waals surface area contributed by atoms with Crippen LogP contribution in [0.15, 0.2) is 24.3 Å². The second-order valence-corrected chi connectivity index (χ2v) is 5.32. The van der Waals surface area contributed by atoms with E-state index in [0.29, 0.717) is 18.5 Å². The first-order chi connectivity index (χ1) is 10.6. The molecule has 0 heterocycles. The van der Waals surface area contributed by atoms with Crippen molar-refractivity contribution in [2.24, 2.45) is 0 Å². The molecule has 0 bridgehead atoms. The van der Waals surface area contributed by atoms with Crippen molar-refractivity contribution in [3.05, 3.63) is 35.4 Å². The van der Waals surface area contributed by atoms with Gasteiger partial charge >= 0.3 is 5.97 Å². The summed E-state index contributed by atoms with van der Waals surface area (Å²) >= 11 is 0. The van der Waals surface area contributed by atoms with Crippen molar-refractivity contribution in [3.8, 4) is 0 Å². The second-order valence-electron chi connectivity index (χ2n) is 5.32. The monoisotopic (exact) mass is 306 g/mol. The van der Waals surface area contributed by atoms with E-state index in [1.165, 1.54) is 5.56 Å². The Labute approximate surface area is 132 Å². The van der Waals surface area contributed by atoms with Crippen molar-refractivity contribution in [1.29, 1.82) is 0 Å². The summed E-state index contributed by atoms with van der Waals surface area (Å²) in [4.78, 5) is 24.7. The third kappa shape index (κ3) is 6.72. The zero-order valence-corrected chi connectivity index (χ0v) is 13.5. The van der Waals surface area contributed by atoms with Crippen LogP contribution in [0.5, 0.6) is 0 Å². The van der Waals surface area contributed by atoms with Gasteiger partial charge in [-0.1, -0.05) is 26.0 Å². The molecule has 1 rings (SSSR count). The lowest BCUT2D eigenvalue weighted by Gasteiger charge is -2.19. The number of nitrogens with zero attached hydrogens (tertiary/aromatic N) is 1. The fourth-order valence-electron chi connectivity index (χ4n) is 2.23. The van der Waals surface area contributed by atoms with Gasteiger partial charge in [-0.15, -0.1) is 0 Å². The molecule has 0 fully saturated rings. The predicted octanol–water partition coefficient (Wildman–Crippen LogP) is 2.51. The average Bonchev–Trinajstić information content (AvgIpc) is 2.51. The van der Waals surface area contributed by atoms with Crippen molar-refractivity contribution < 1.29 is 14.7 Å². The molecular weight excluding hydrogens is 280 g/mol. The van der Waals surface area contributed by atoms with Gasteiger partial charge in [-0.3, -0.25) is 14.5 Å². The molecule has 0 aliphatic heterocycles. The summed E-state index contributed by atoms with van der Waals surface area (Å²) in [6.45, 7) is 7.68. The van der Waals surface area contributed by atoms with E-state index in [9.17, 15) is 9.59 Å². The Morgan fingerprint density at radius 3 is 2.41 bits per heavy atom. The number of carbonyl (C=O) groups excluding carboxylic acids is 1. The molecule has 1 aromatic rings. The van der Waals surface area contributed by atoms with Crippen molar-refractivity contribution >= 4 is 11.9 Å². The van der Waals surface area contributed by atoms with Crippen LogP contribution in [0.3, 0.4) is 0 Å². The molecule has 0 unspecified atom stereocenters. The summed E-state index contributed by atoms with van der Waals surface area (Å²) in [6, 6.07) is 7.60. The number of hydrogen-bond acceptors (Lipinski definition) is 3. The highest BCUT2D eigenvalue weighted by Crippen LogP contribution is 2.08. The minimum atomic E-state index is -0.842. The van der Waals surface area contributed by atoms with Crippen molar-refractivity contribution in [2.45, 2.75) is 39.7 Å². The molecule has 122 valence electrons. The van der Waals surface area contributed by atoms with E-state index in [1.807, 2.05) is 24.3 Å². The fourth-order valence-corrected chi connectivity index (χ4v) is 2.23. The highest BCUT2D eigenvalue weighted by molar-refractivity contribution is 5.94. The number of carboxylic acid groups (broad SMARTS) is 1. The van der Waals surface area contributed by atoms with E-state index in [4.69, 9.17) is 5.11 Å². The van der Waals surface area contributed by atoms with Crippen LogP contribution in [-0.2, 0) is 11.3 Å². The Morgan fingerprint density at radius 1 is 1.18 bits per heavy atom. The molecule has 5 nitrogen and oxygen atoms in total. The lowest BCUT2D eigenvalue weighted by Crippen LogP contribution is -2.25. The van der Waals surface area contributed by atoms with Gasteiger partial charge in [0.05, 0.1) is 0 Å². The summed E-state index contributed by atoms with van der Waals surface area (Å²) in [5.74, 6) is -0.996. The Kier molecular flexibility index (Phi) is 8.22. The molecule has 0 aromatic heterocycles. The van der Waals surface area contributed by atoms with Crippen molar-refractivity contribution in [1.82, 2.24) is 10.2 Å². The summed E-state index contributed by atoms with van der Waals surface area (Å²) in [6.07, 6.45) is 1.65. The van der Waals surface area contributed by atoms with Gasteiger partial charge in [0.2, 0.25) is 0 Å². The number of nitrogens with one attached hydrogen (secondary N) is 1. The highest BCUT2D eigenvalue weighted by Gasteiger charge is 2.07. The third-order valence-corrected chi connectivity index (χ3v) is 3.46. The number of rotatable bonds is 10. The van der Waals surface area contributed by atoms with E-state index in [0.717, 1.165) is 26.1 Å². The van der Waals surface area contributed by atoms with Crippen molar-refractivity contribution in [2.75, 3.05) is 19.6 Å². The molecule has 0 spiro atoms. The number of amides is 1. The van der Waals surface area contributed by atoms with E-state index in [-0.39, 0.29) is 12.3 Å². The van der Waals surface area contributed by atoms with Gasteiger partial charge in [0.15, 0.2) is 0 Å². The molecule has 0 aliphatic rings. The zero-order chi connectivity index (χ0) is 16.4. The number of hydrogen-bond donors (Lipinski definition) is 2. The first-order valence-corrected chi connectivity index (χ1v) is 7.88. The molecule has 0 radical (unpaired) electrons. The Hall–Kier alpha value is -1.88. The van der Waals surface area contributed by atoms with Crippen molar-refractivity contribution in [3.63, 3.8) is 0 Å². The molecule has 1 aromatic carbocycles. The molecule has 22 heavy (non-hydrogen) atoms. The maximum absolute atomic E-state index is 11.9. The lowest BCUT2D eigenvalue weighted by atomic mass is 10.1. The van der Waals surface area contributed by atoms with Gasteiger partial charge in [-0.05, 0) is 43.6 Å². The normalized spacial score (nSPS) is 10.7. The quantitative estimate of drug-likeness (QED) is 0.652. The molecule has 0 atom stereocenters. The average molecular weight is 306 g/mol. The van der Waals surface area contributed by atoms with Gasteiger partial charge in [0.25, 0.3) is 5.91 Å². The minimum Gasteiger partial charge on any atom is -0.481 e. The van der Waals surface area contributed by atoms with E-state index >= 15 is 0 Å². The molecule has 0 saturated carbocycles. The molecule has 1 amide bonds. The highest BCUT2D eigenvalue weighted by atomic mass is 16.4. The summed E-state index contributed by atoms with van der Waals surface area (Å²) in [5, 5.41) is 11.3. The van der Waals surface area contributed by atoms with Crippen LogP contribution in [-0.4, -0.2) is 41.5 Å². The van der Waals surface area contributed by atoms with Crippen LogP contribution < -0.4 is 5.32 Å². The Balaban J connectivity index is 2.46. The molecule has 5 heteroatoms.